The molecule has 300 valence electrons. The third-order valence-electron chi connectivity index (χ3n) is 9.12. The summed E-state index contributed by atoms with van der Waals surface area (Å²) in [4.78, 5) is 18.7. The van der Waals surface area contributed by atoms with Crippen LogP contribution in [0.2, 0.25) is 0 Å². The summed E-state index contributed by atoms with van der Waals surface area (Å²) in [6.07, 6.45) is 44.3. The van der Waals surface area contributed by atoms with Gasteiger partial charge in [0.25, 0.3) is 0 Å². The molecule has 0 aromatic heterocycles. The van der Waals surface area contributed by atoms with Crippen molar-refractivity contribution in [2.24, 2.45) is 0 Å². The zero-order valence-electron chi connectivity index (χ0n) is 34.0. The van der Waals surface area contributed by atoms with Gasteiger partial charge in [0, 0.05) is 26.1 Å². The molecule has 0 fully saturated rings. The Morgan fingerprint density at radius 2 is 0.520 bits per heavy atom. The highest BCUT2D eigenvalue weighted by atomic mass is 16.7. The SMILES string of the molecule is CCC(=O)O.CCC(=O)O.CCCCCCCCCCCCCCCCCCOB(O)OCCCCCCCCCCCCCCCCCC. The van der Waals surface area contributed by atoms with Gasteiger partial charge in [0.1, 0.15) is 0 Å². The van der Waals surface area contributed by atoms with Crippen LogP contribution in [0.1, 0.15) is 246 Å². The normalized spacial score (nSPS) is 10.7. The maximum absolute atomic E-state index is 9.86. The Bertz CT molecular complexity index is 583. The monoisotopic (exact) mass is 715 g/mol. The number of carbonyl (C=O) groups is 2. The molecule has 0 radical (unpaired) electrons. The Hall–Kier alpha value is -1.12. The van der Waals surface area contributed by atoms with Gasteiger partial charge in [-0.05, 0) is 12.8 Å². The molecule has 8 heteroatoms. The second-order valence-electron chi connectivity index (χ2n) is 14.1. The number of unbranched alkanes of at least 4 members (excludes halogenated alkanes) is 30. The van der Waals surface area contributed by atoms with Gasteiger partial charge in [-0.15, -0.1) is 0 Å². The Labute approximate surface area is 312 Å². The van der Waals surface area contributed by atoms with Crippen molar-refractivity contribution >= 4 is 19.3 Å². The molecule has 0 rings (SSSR count). The standard InChI is InChI=1S/C36H75BO3.2C3H6O2/c1-3-5-7-9-11-13-15-17-19-21-23-25-27-29-31-33-35-39-37(38)40-36-34-32-30-28-26-24-22-20-18-16-14-12-10-8-6-4-2;2*1-2-3(4)5/h38H,3-36H2,1-2H3;2*2H2,1H3,(H,4,5). The quantitative estimate of drug-likeness (QED) is 0.0431. The fourth-order valence-corrected chi connectivity index (χ4v) is 5.72. The molecule has 0 aliphatic heterocycles. The van der Waals surface area contributed by atoms with Crippen LogP contribution in [0.4, 0.5) is 0 Å². The highest BCUT2D eigenvalue weighted by Crippen LogP contribution is 2.15. The number of aliphatic carboxylic acids is 2. The molecule has 50 heavy (non-hydrogen) atoms. The minimum absolute atomic E-state index is 0.222. The summed E-state index contributed by atoms with van der Waals surface area (Å²) in [6, 6.07) is 0. The lowest BCUT2D eigenvalue weighted by molar-refractivity contribution is -0.137. The van der Waals surface area contributed by atoms with E-state index in [1.165, 1.54) is 193 Å². The fraction of sp³-hybridized carbons (Fsp3) is 0.952. The smallest absolute Gasteiger partial charge is 0.481 e. The molecule has 0 aliphatic rings. The Morgan fingerprint density at radius 1 is 0.360 bits per heavy atom. The minimum Gasteiger partial charge on any atom is -0.481 e. The summed E-state index contributed by atoms with van der Waals surface area (Å²) in [5.74, 6) is -1.49. The molecule has 0 spiro atoms. The van der Waals surface area contributed by atoms with Crippen molar-refractivity contribution in [2.75, 3.05) is 13.2 Å². The molecule has 0 atom stereocenters. The Morgan fingerprint density at radius 3 is 0.680 bits per heavy atom. The first kappa shape index (κ1) is 53.2. The van der Waals surface area contributed by atoms with E-state index < -0.39 is 19.3 Å². The molecule has 0 aliphatic carbocycles. The zero-order chi connectivity index (χ0) is 37.6. The van der Waals surface area contributed by atoms with Crippen molar-refractivity contribution in [3.05, 3.63) is 0 Å². The van der Waals surface area contributed by atoms with E-state index in [-0.39, 0.29) is 12.8 Å². The molecular weight excluding hydrogens is 627 g/mol. The van der Waals surface area contributed by atoms with Crippen LogP contribution in [0.3, 0.4) is 0 Å². The van der Waals surface area contributed by atoms with Crippen LogP contribution in [-0.4, -0.2) is 47.7 Å². The van der Waals surface area contributed by atoms with E-state index in [1.807, 2.05) is 0 Å². The second-order valence-corrected chi connectivity index (χ2v) is 14.1. The Balaban J connectivity index is -0.00000192. The van der Waals surface area contributed by atoms with Gasteiger partial charge < -0.3 is 24.5 Å². The predicted molar refractivity (Wildman–Crippen MR) is 215 cm³/mol. The lowest BCUT2D eigenvalue weighted by atomic mass is 10.0. The van der Waals surface area contributed by atoms with Gasteiger partial charge in [-0.25, -0.2) is 0 Å². The number of rotatable bonds is 38. The molecule has 0 aromatic rings. The average Bonchev–Trinajstić information content (AvgIpc) is 3.11. The zero-order valence-corrected chi connectivity index (χ0v) is 34.0. The summed E-state index contributed by atoms with van der Waals surface area (Å²) in [7, 11) is -1.03. The molecule has 0 aromatic carbocycles. The lowest BCUT2D eigenvalue weighted by Crippen LogP contribution is -2.23. The van der Waals surface area contributed by atoms with Crippen LogP contribution < -0.4 is 0 Å². The van der Waals surface area contributed by atoms with Gasteiger partial charge in [0.05, 0.1) is 0 Å². The number of hydrogen-bond acceptors (Lipinski definition) is 5. The first-order valence-corrected chi connectivity index (χ1v) is 21.7. The van der Waals surface area contributed by atoms with Gasteiger partial charge >= 0.3 is 19.3 Å². The van der Waals surface area contributed by atoms with Crippen LogP contribution in [0, 0.1) is 0 Å². The molecule has 3 N–H and O–H groups in total. The summed E-state index contributed by atoms with van der Waals surface area (Å²) in [5.41, 5.74) is 0. The topological polar surface area (TPSA) is 113 Å². The molecule has 0 amide bonds. The van der Waals surface area contributed by atoms with E-state index in [4.69, 9.17) is 19.5 Å². The molecule has 0 saturated carbocycles. The van der Waals surface area contributed by atoms with Gasteiger partial charge in [0.15, 0.2) is 0 Å². The fourth-order valence-electron chi connectivity index (χ4n) is 5.72. The molecule has 7 nitrogen and oxygen atoms in total. The summed E-state index contributed by atoms with van der Waals surface area (Å²) >= 11 is 0. The number of carboxylic acid groups (broad SMARTS) is 2. The van der Waals surface area contributed by atoms with E-state index in [0.717, 1.165) is 12.8 Å². The summed E-state index contributed by atoms with van der Waals surface area (Å²) in [6.45, 7) is 9.00. The molecule has 0 unspecified atom stereocenters. The third-order valence-corrected chi connectivity index (χ3v) is 9.12. The van der Waals surface area contributed by atoms with E-state index in [1.54, 1.807) is 13.8 Å². The summed E-state index contributed by atoms with van der Waals surface area (Å²) in [5, 5.41) is 25.3. The van der Waals surface area contributed by atoms with Crippen molar-refractivity contribution in [3.63, 3.8) is 0 Å². The van der Waals surface area contributed by atoms with Crippen molar-refractivity contribution in [1.29, 1.82) is 0 Å². The van der Waals surface area contributed by atoms with Crippen LogP contribution in [0.25, 0.3) is 0 Å². The van der Waals surface area contributed by atoms with Gasteiger partial charge in [-0.1, -0.05) is 220 Å². The number of hydrogen-bond donors (Lipinski definition) is 3. The van der Waals surface area contributed by atoms with Crippen molar-refractivity contribution in [1.82, 2.24) is 0 Å². The highest BCUT2D eigenvalue weighted by Gasteiger charge is 2.14. The van der Waals surface area contributed by atoms with Gasteiger partial charge in [0.2, 0.25) is 0 Å². The maximum atomic E-state index is 9.86. The number of carboxylic acids is 2. The molecule has 0 bridgehead atoms. The van der Waals surface area contributed by atoms with Crippen molar-refractivity contribution < 1.29 is 34.1 Å². The predicted octanol–water partition coefficient (Wildman–Crippen LogP) is 13.5. The minimum atomic E-state index is -1.03. The van der Waals surface area contributed by atoms with E-state index in [2.05, 4.69) is 13.8 Å². The molecule has 0 heterocycles. The van der Waals surface area contributed by atoms with E-state index in [0.29, 0.717) is 13.2 Å². The maximum Gasteiger partial charge on any atom is 0.636 e. The molecule has 0 saturated heterocycles. The first-order chi connectivity index (χ1) is 24.3. The largest absolute Gasteiger partial charge is 0.636 e. The van der Waals surface area contributed by atoms with Crippen molar-refractivity contribution in [3.8, 4) is 0 Å². The van der Waals surface area contributed by atoms with Gasteiger partial charge in [-0.2, -0.15) is 0 Å². The third kappa shape index (κ3) is 59.1. The van der Waals surface area contributed by atoms with Crippen LogP contribution >= 0.6 is 0 Å². The summed E-state index contributed by atoms with van der Waals surface area (Å²) < 4.78 is 10.8. The Kier molecular flexibility index (Phi) is 53.2. The first-order valence-electron chi connectivity index (χ1n) is 21.7. The molecular formula is C42H87BO7. The van der Waals surface area contributed by atoms with Crippen LogP contribution in [0.5, 0.6) is 0 Å². The second kappa shape index (κ2) is 50.0. The van der Waals surface area contributed by atoms with Crippen molar-refractivity contribution in [2.45, 2.75) is 246 Å². The van der Waals surface area contributed by atoms with E-state index >= 15 is 0 Å². The van der Waals surface area contributed by atoms with Crippen LogP contribution in [-0.2, 0) is 18.9 Å². The van der Waals surface area contributed by atoms with Crippen LogP contribution in [0.15, 0.2) is 0 Å². The average molecular weight is 715 g/mol. The highest BCUT2D eigenvalue weighted by molar-refractivity contribution is 6.34. The van der Waals surface area contributed by atoms with Gasteiger partial charge in [-0.3, -0.25) is 9.59 Å². The lowest BCUT2D eigenvalue weighted by Gasteiger charge is -2.09. The van der Waals surface area contributed by atoms with E-state index in [9.17, 15) is 14.6 Å².